The Morgan fingerprint density at radius 1 is 1.10 bits per heavy atom. The molecular weight excluding hydrogens is 399 g/mol. The lowest BCUT2D eigenvalue weighted by molar-refractivity contribution is -0.137. The SMILES string of the molecule is CC[C@H](C)n1c(=O)c2ccccc2n(CC(=O)Nc2cccc(C(F)(F)F)c2)c1=O. The molecule has 1 N–H and O–H groups in total. The van der Waals surface area contributed by atoms with Crippen molar-refractivity contribution in [3.8, 4) is 0 Å². The lowest BCUT2D eigenvalue weighted by Crippen LogP contribution is -2.43. The van der Waals surface area contributed by atoms with Crippen molar-refractivity contribution in [1.29, 1.82) is 0 Å². The number of rotatable bonds is 5. The number of carbonyl (C=O) groups is 1. The summed E-state index contributed by atoms with van der Waals surface area (Å²) in [5.41, 5.74) is -1.74. The van der Waals surface area contributed by atoms with E-state index in [0.717, 1.165) is 21.3 Å². The maximum Gasteiger partial charge on any atom is 0.416 e. The molecule has 0 unspecified atom stereocenters. The van der Waals surface area contributed by atoms with Crippen LogP contribution in [0.25, 0.3) is 10.9 Å². The van der Waals surface area contributed by atoms with Gasteiger partial charge in [-0.15, -0.1) is 0 Å². The molecule has 0 saturated carbocycles. The highest BCUT2D eigenvalue weighted by atomic mass is 19.4. The summed E-state index contributed by atoms with van der Waals surface area (Å²) in [5, 5.41) is 2.67. The predicted octanol–water partition coefficient (Wildman–Crippen LogP) is 3.79. The zero-order valence-corrected chi connectivity index (χ0v) is 16.4. The molecule has 3 rings (SSSR count). The first-order chi connectivity index (χ1) is 14.1. The molecule has 1 aromatic heterocycles. The van der Waals surface area contributed by atoms with Gasteiger partial charge in [-0.25, -0.2) is 4.79 Å². The average Bonchev–Trinajstić information content (AvgIpc) is 2.70. The minimum Gasteiger partial charge on any atom is -0.325 e. The summed E-state index contributed by atoms with van der Waals surface area (Å²) in [6.45, 7) is 3.10. The number of fused-ring (bicyclic) bond motifs is 1. The third-order valence-electron chi connectivity index (χ3n) is 4.89. The van der Waals surface area contributed by atoms with E-state index in [1.165, 1.54) is 12.1 Å². The summed E-state index contributed by atoms with van der Waals surface area (Å²) in [6.07, 6.45) is -4.01. The number of amides is 1. The van der Waals surface area contributed by atoms with Crippen LogP contribution in [0, 0.1) is 0 Å². The van der Waals surface area contributed by atoms with E-state index in [2.05, 4.69) is 5.32 Å². The molecule has 9 heteroatoms. The van der Waals surface area contributed by atoms with Crippen molar-refractivity contribution in [2.75, 3.05) is 5.32 Å². The van der Waals surface area contributed by atoms with Gasteiger partial charge < -0.3 is 5.32 Å². The highest BCUT2D eigenvalue weighted by Gasteiger charge is 2.30. The van der Waals surface area contributed by atoms with E-state index in [1.807, 2.05) is 6.92 Å². The molecule has 3 aromatic rings. The van der Waals surface area contributed by atoms with E-state index in [4.69, 9.17) is 0 Å². The van der Waals surface area contributed by atoms with Crippen molar-refractivity contribution in [1.82, 2.24) is 9.13 Å². The van der Waals surface area contributed by atoms with Crippen LogP contribution in [0.4, 0.5) is 18.9 Å². The number of para-hydroxylation sites is 1. The molecule has 2 aromatic carbocycles. The number of alkyl halides is 3. The minimum absolute atomic E-state index is 0.0394. The van der Waals surface area contributed by atoms with E-state index in [1.54, 1.807) is 31.2 Å². The molecule has 30 heavy (non-hydrogen) atoms. The fourth-order valence-electron chi connectivity index (χ4n) is 3.18. The van der Waals surface area contributed by atoms with E-state index in [0.29, 0.717) is 6.42 Å². The molecule has 1 amide bonds. The zero-order valence-electron chi connectivity index (χ0n) is 16.4. The van der Waals surface area contributed by atoms with Crippen LogP contribution in [-0.4, -0.2) is 15.0 Å². The van der Waals surface area contributed by atoms with E-state index < -0.39 is 35.4 Å². The fourth-order valence-corrected chi connectivity index (χ4v) is 3.18. The molecule has 0 fully saturated rings. The van der Waals surface area contributed by atoms with Gasteiger partial charge in [0.25, 0.3) is 5.56 Å². The van der Waals surface area contributed by atoms with Crippen LogP contribution >= 0.6 is 0 Å². The number of hydrogen-bond donors (Lipinski definition) is 1. The Morgan fingerprint density at radius 2 is 1.80 bits per heavy atom. The van der Waals surface area contributed by atoms with Crippen LogP contribution in [0.15, 0.2) is 58.1 Å². The molecule has 6 nitrogen and oxygen atoms in total. The second-order valence-corrected chi connectivity index (χ2v) is 6.95. The van der Waals surface area contributed by atoms with Crippen LogP contribution in [0.2, 0.25) is 0 Å². The van der Waals surface area contributed by atoms with Crippen LogP contribution < -0.4 is 16.6 Å². The van der Waals surface area contributed by atoms with Crippen LogP contribution in [0.5, 0.6) is 0 Å². The van der Waals surface area contributed by atoms with E-state index >= 15 is 0 Å². The summed E-state index contributed by atoms with van der Waals surface area (Å²) in [6, 6.07) is 10.3. The Balaban J connectivity index is 2.01. The maximum atomic E-state index is 13.0. The maximum absolute atomic E-state index is 13.0. The molecule has 0 aliphatic carbocycles. The molecule has 1 heterocycles. The van der Waals surface area contributed by atoms with Gasteiger partial charge in [-0.1, -0.05) is 25.1 Å². The predicted molar refractivity (Wildman–Crippen MR) is 108 cm³/mol. The van der Waals surface area contributed by atoms with Crippen molar-refractivity contribution < 1.29 is 18.0 Å². The van der Waals surface area contributed by atoms with Crippen molar-refractivity contribution in [3.63, 3.8) is 0 Å². The van der Waals surface area contributed by atoms with Gasteiger partial charge in [-0.3, -0.25) is 18.7 Å². The Labute approximate surface area is 169 Å². The highest BCUT2D eigenvalue weighted by molar-refractivity contribution is 5.91. The topological polar surface area (TPSA) is 73.1 Å². The van der Waals surface area contributed by atoms with Gasteiger partial charge in [-0.2, -0.15) is 13.2 Å². The average molecular weight is 419 g/mol. The summed E-state index contributed by atoms with van der Waals surface area (Å²) in [4.78, 5) is 38.3. The molecular formula is C21H20F3N3O3. The van der Waals surface area contributed by atoms with Gasteiger partial charge in [0.05, 0.1) is 16.5 Å². The van der Waals surface area contributed by atoms with Crippen LogP contribution in [0.1, 0.15) is 31.9 Å². The Kier molecular flexibility index (Phi) is 5.82. The molecule has 0 aliphatic rings. The molecule has 0 saturated heterocycles. The van der Waals surface area contributed by atoms with Crippen molar-refractivity contribution in [3.05, 3.63) is 74.9 Å². The third-order valence-corrected chi connectivity index (χ3v) is 4.89. The molecule has 0 spiro atoms. The monoisotopic (exact) mass is 419 g/mol. The molecule has 0 aliphatic heterocycles. The number of carbonyl (C=O) groups excluding carboxylic acids is 1. The normalized spacial score (nSPS) is 12.7. The smallest absolute Gasteiger partial charge is 0.325 e. The zero-order chi connectivity index (χ0) is 22.1. The largest absolute Gasteiger partial charge is 0.416 e. The highest BCUT2D eigenvalue weighted by Crippen LogP contribution is 2.30. The lowest BCUT2D eigenvalue weighted by Gasteiger charge is -2.17. The van der Waals surface area contributed by atoms with Crippen LogP contribution in [0.3, 0.4) is 0 Å². The van der Waals surface area contributed by atoms with E-state index in [-0.39, 0.29) is 22.6 Å². The van der Waals surface area contributed by atoms with Gasteiger partial charge >= 0.3 is 11.9 Å². The number of hydrogen-bond acceptors (Lipinski definition) is 3. The van der Waals surface area contributed by atoms with Crippen molar-refractivity contribution in [2.45, 2.75) is 39.0 Å². The summed E-state index contributed by atoms with van der Waals surface area (Å²) >= 11 is 0. The molecule has 1 atom stereocenters. The molecule has 158 valence electrons. The number of anilines is 1. The number of aromatic nitrogens is 2. The molecule has 0 bridgehead atoms. The van der Waals surface area contributed by atoms with Gasteiger partial charge in [0.15, 0.2) is 0 Å². The first kappa shape index (κ1) is 21.4. The second-order valence-electron chi connectivity index (χ2n) is 6.95. The van der Waals surface area contributed by atoms with Crippen molar-refractivity contribution in [2.24, 2.45) is 0 Å². The minimum atomic E-state index is -4.54. The van der Waals surface area contributed by atoms with E-state index in [9.17, 15) is 27.6 Å². The van der Waals surface area contributed by atoms with Gasteiger partial charge in [-0.05, 0) is 43.7 Å². The number of nitrogens with zero attached hydrogens (tertiary/aromatic N) is 2. The quantitative estimate of drug-likeness (QED) is 0.684. The fraction of sp³-hybridized carbons (Fsp3) is 0.286. The van der Waals surface area contributed by atoms with Gasteiger partial charge in [0.1, 0.15) is 6.54 Å². The third kappa shape index (κ3) is 4.14. The Hall–Kier alpha value is -3.36. The summed E-state index contributed by atoms with van der Waals surface area (Å²) in [7, 11) is 0. The van der Waals surface area contributed by atoms with Gasteiger partial charge in [0, 0.05) is 11.7 Å². The van der Waals surface area contributed by atoms with Crippen molar-refractivity contribution >= 4 is 22.5 Å². The summed E-state index contributed by atoms with van der Waals surface area (Å²) < 4.78 is 40.9. The first-order valence-corrected chi connectivity index (χ1v) is 9.34. The first-order valence-electron chi connectivity index (χ1n) is 9.34. The standard InChI is InChI=1S/C21H20F3N3O3/c1-3-13(2)27-19(29)16-9-4-5-10-17(16)26(20(27)30)12-18(28)25-15-8-6-7-14(11-15)21(22,23)24/h4-11,13H,3,12H2,1-2H3,(H,25,28)/t13-/m0/s1. The number of benzene rings is 2. The number of halogens is 3. The lowest BCUT2D eigenvalue weighted by atomic mass is 10.2. The summed E-state index contributed by atoms with van der Waals surface area (Å²) in [5.74, 6) is -0.684. The molecule has 0 radical (unpaired) electrons. The Morgan fingerprint density at radius 3 is 2.47 bits per heavy atom. The Bertz CT molecular complexity index is 1210. The van der Waals surface area contributed by atoms with Gasteiger partial charge in [0.2, 0.25) is 5.91 Å². The van der Waals surface area contributed by atoms with Crippen LogP contribution in [-0.2, 0) is 17.5 Å². The number of nitrogens with one attached hydrogen (secondary N) is 1. The second kappa shape index (κ2) is 8.17.